The molecule has 0 unspecified atom stereocenters. The average molecular weight is 320 g/mol. The number of rotatable bonds is 8. The van der Waals surface area contributed by atoms with Crippen LogP contribution in [0.3, 0.4) is 0 Å². The Morgan fingerprint density at radius 1 is 0.958 bits per heavy atom. The van der Waals surface area contributed by atoms with Crippen molar-refractivity contribution in [1.82, 2.24) is 0 Å². The third kappa shape index (κ3) is 6.21. The highest BCUT2D eigenvalue weighted by atomic mass is 16.3. The van der Waals surface area contributed by atoms with E-state index in [2.05, 4.69) is 35.3 Å². The van der Waals surface area contributed by atoms with Gasteiger partial charge in [0, 0.05) is 5.56 Å². The van der Waals surface area contributed by atoms with Crippen LogP contribution in [0.2, 0.25) is 0 Å². The first-order valence-electron chi connectivity index (χ1n) is 8.39. The summed E-state index contributed by atoms with van der Waals surface area (Å²) in [6, 6.07) is 17.3. The maximum Gasteiger partial charge on any atom is 0.124 e. The highest BCUT2D eigenvalue weighted by molar-refractivity contribution is 5.87. The normalized spacial score (nSPS) is 12.3. The second-order valence-electron chi connectivity index (χ2n) is 5.63. The summed E-state index contributed by atoms with van der Waals surface area (Å²) >= 11 is 0. The molecule has 0 bridgehead atoms. The molecule has 0 radical (unpaired) electrons. The maximum atomic E-state index is 9.70. The molecule has 3 heteroatoms. The van der Waals surface area contributed by atoms with Gasteiger partial charge in [-0.05, 0) is 36.1 Å². The highest BCUT2D eigenvalue weighted by Crippen LogP contribution is 2.14. The standard InChI is InChI=1S/C21H24N2O/c1-2-3-5-12-19(15-18-10-6-4-7-11-18)16-22-23-17-20-13-8-9-14-21(20)24/h4,6-11,13-17,24H,2-3,5,12H2,1H3/b19-15?,22-16+,23-17+. The van der Waals surface area contributed by atoms with Crippen LogP contribution < -0.4 is 0 Å². The first kappa shape index (κ1) is 17.7. The van der Waals surface area contributed by atoms with Crippen molar-refractivity contribution in [3.63, 3.8) is 0 Å². The third-order valence-electron chi connectivity index (χ3n) is 3.64. The second-order valence-corrected chi connectivity index (χ2v) is 5.63. The molecule has 124 valence electrons. The molecule has 0 aromatic heterocycles. The van der Waals surface area contributed by atoms with Crippen LogP contribution in [0.1, 0.15) is 43.7 Å². The first-order valence-corrected chi connectivity index (χ1v) is 8.39. The Balaban J connectivity index is 2.07. The van der Waals surface area contributed by atoms with E-state index < -0.39 is 0 Å². The van der Waals surface area contributed by atoms with E-state index in [-0.39, 0.29) is 5.75 Å². The van der Waals surface area contributed by atoms with Gasteiger partial charge in [-0.15, -0.1) is 0 Å². The number of nitrogens with zero attached hydrogens (tertiary/aromatic N) is 2. The SMILES string of the molecule is CCCCCC(=Cc1ccccc1)/C=N/N=C/c1ccccc1O. The smallest absolute Gasteiger partial charge is 0.124 e. The van der Waals surface area contributed by atoms with Crippen molar-refractivity contribution in [3.05, 3.63) is 71.3 Å². The summed E-state index contributed by atoms with van der Waals surface area (Å²) in [5.41, 5.74) is 2.98. The van der Waals surface area contributed by atoms with E-state index in [4.69, 9.17) is 0 Å². The fourth-order valence-corrected chi connectivity index (χ4v) is 2.32. The van der Waals surface area contributed by atoms with E-state index in [1.807, 2.05) is 24.3 Å². The van der Waals surface area contributed by atoms with E-state index in [0.29, 0.717) is 5.56 Å². The van der Waals surface area contributed by atoms with Crippen molar-refractivity contribution in [2.45, 2.75) is 32.6 Å². The Morgan fingerprint density at radius 3 is 2.46 bits per heavy atom. The van der Waals surface area contributed by atoms with E-state index in [1.165, 1.54) is 18.4 Å². The van der Waals surface area contributed by atoms with Gasteiger partial charge in [0.05, 0.1) is 12.4 Å². The number of para-hydroxylation sites is 1. The molecular formula is C21H24N2O. The second kappa shape index (κ2) is 10.2. The van der Waals surface area contributed by atoms with Crippen LogP contribution in [0, 0.1) is 0 Å². The molecule has 0 aliphatic heterocycles. The van der Waals surface area contributed by atoms with E-state index in [0.717, 1.165) is 18.4 Å². The van der Waals surface area contributed by atoms with Crippen molar-refractivity contribution < 1.29 is 5.11 Å². The predicted octanol–water partition coefficient (Wildman–Crippen LogP) is 5.46. The zero-order chi connectivity index (χ0) is 17.0. The van der Waals surface area contributed by atoms with Crippen LogP contribution >= 0.6 is 0 Å². The summed E-state index contributed by atoms with van der Waals surface area (Å²) in [7, 11) is 0. The van der Waals surface area contributed by atoms with Crippen LogP contribution in [0.5, 0.6) is 5.75 Å². The van der Waals surface area contributed by atoms with Gasteiger partial charge in [-0.2, -0.15) is 10.2 Å². The molecule has 0 heterocycles. The number of phenolic OH excluding ortho intramolecular Hbond substituents is 1. The summed E-state index contributed by atoms with van der Waals surface area (Å²) in [6.07, 6.45) is 10.1. The van der Waals surface area contributed by atoms with Crippen LogP contribution in [0.15, 0.2) is 70.4 Å². The Bertz CT molecular complexity index is 703. The molecular weight excluding hydrogens is 296 g/mol. The molecule has 1 N–H and O–H groups in total. The van der Waals surface area contributed by atoms with Gasteiger partial charge in [-0.3, -0.25) is 0 Å². The topological polar surface area (TPSA) is 45.0 Å². The zero-order valence-electron chi connectivity index (χ0n) is 14.1. The minimum absolute atomic E-state index is 0.208. The van der Waals surface area contributed by atoms with Gasteiger partial charge < -0.3 is 5.11 Å². The lowest BCUT2D eigenvalue weighted by Crippen LogP contribution is -1.87. The van der Waals surface area contributed by atoms with Crippen LogP contribution in [-0.2, 0) is 0 Å². The van der Waals surface area contributed by atoms with Crippen molar-refractivity contribution in [2.75, 3.05) is 0 Å². The number of allylic oxidation sites excluding steroid dienone is 1. The fraction of sp³-hybridized carbons (Fsp3) is 0.238. The van der Waals surface area contributed by atoms with Crippen molar-refractivity contribution in [3.8, 4) is 5.75 Å². The van der Waals surface area contributed by atoms with Crippen LogP contribution in [0.4, 0.5) is 0 Å². The van der Waals surface area contributed by atoms with Crippen LogP contribution in [0.25, 0.3) is 6.08 Å². The molecule has 0 aliphatic rings. The van der Waals surface area contributed by atoms with Crippen LogP contribution in [-0.4, -0.2) is 17.5 Å². The van der Waals surface area contributed by atoms with Gasteiger partial charge >= 0.3 is 0 Å². The Labute approximate surface area is 144 Å². The largest absolute Gasteiger partial charge is 0.507 e. The molecule has 0 atom stereocenters. The summed E-state index contributed by atoms with van der Waals surface area (Å²) in [6.45, 7) is 2.20. The van der Waals surface area contributed by atoms with E-state index in [9.17, 15) is 5.11 Å². The quantitative estimate of drug-likeness (QED) is 0.392. The number of unbranched alkanes of at least 4 members (excludes halogenated alkanes) is 2. The zero-order valence-corrected chi connectivity index (χ0v) is 14.1. The number of benzene rings is 2. The van der Waals surface area contributed by atoms with Crippen molar-refractivity contribution in [2.24, 2.45) is 10.2 Å². The van der Waals surface area contributed by atoms with E-state index >= 15 is 0 Å². The monoisotopic (exact) mass is 320 g/mol. The number of hydrogen-bond donors (Lipinski definition) is 1. The molecule has 0 aliphatic carbocycles. The third-order valence-corrected chi connectivity index (χ3v) is 3.64. The molecule has 2 aromatic carbocycles. The summed E-state index contributed by atoms with van der Waals surface area (Å²) in [4.78, 5) is 0. The van der Waals surface area contributed by atoms with Gasteiger partial charge in [0.1, 0.15) is 5.75 Å². The lowest BCUT2D eigenvalue weighted by Gasteiger charge is -2.01. The number of aromatic hydroxyl groups is 1. The summed E-state index contributed by atoms with van der Waals surface area (Å²) < 4.78 is 0. The molecule has 3 nitrogen and oxygen atoms in total. The van der Waals surface area contributed by atoms with Gasteiger partial charge in [0.15, 0.2) is 0 Å². The van der Waals surface area contributed by atoms with E-state index in [1.54, 1.807) is 30.6 Å². The minimum atomic E-state index is 0.208. The highest BCUT2D eigenvalue weighted by Gasteiger charge is 1.97. The lowest BCUT2D eigenvalue weighted by atomic mass is 10.1. The summed E-state index contributed by atoms with van der Waals surface area (Å²) in [5.74, 6) is 0.208. The molecule has 2 aromatic rings. The Morgan fingerprint density at radius 2 is 1.71 bits per heavy atom. The molecule has 0 amide bonds. The Hall–Kier alpha value is -2.68. The van der Waals surface area contributed by atoms with Gasteiger partial charge in [-0.25, -0.2) is 0 Å². The number of phenols is 1. The van der Waals surface area contributed by atoms with Gasteiger partial charge in [-0.1, -0.05) is 68.3 Å². The van der Waals surface area contributed by atoms with Crippen molar-refractivity contribution >= 4 is 18.5 Å². The molecule has 0 saturated heterocycles. The maximum absolute atomic E-state index is 9.70. The molecule has 0 spiro atoms. The fourth-order valence-electron chi connectivity index (χ4n) is 2.32. The molecule has 24 heavy (non-hydrogen) atoms. The summed E-state index contributed by atoms with van der Waals surface area (Å²) in [5, 5.41) is 17.9. The molecule has 2 rings (SSSR count). The average Bonchev–Trinajstić information content (AvgIpc) is 2.61. The molecule has 0 fully saturated rings. The molecule has 0 saturated carbocycles. The van der Waals surface area contributed by atoms with Gasteiger partial charge in [0.25, 0.3) is 0 Å². The van der Waals surface area contributed by atoms with Gasteiger partial charge in [0.2, 0.25) is 0 Å². The number of hydrogen-bond acceptors (Lipinski definition) is 3. The lowest BCUT2D eigenvalue weighted by molar-refractivity contribution is 0.474. The predicted molar refractivity (Wildman–Crippen MR) is 103 cm³/mol. The minimum Gasteiger partial charge on any atom is -0.507 e. The van der Waals surface area contributed by atoms with Crippen molar-refractivity contribution in [1.29, 1.82) is 0 Å². The Kier molecular flexibility index (Phi) is 7.48. The first-order chi connectivity index (χ1) is 11.8.